The van der Waals surface area contributed by atoms with Crippen molar-refractivity contribution in [3.05, 3.63) is 35.9 Å². The molecule has 0 atom stereocenters. The molecule has 2 fully saturated rings. The van der Waals surface area contributed by atoms with Crippen LogP contribution in [0, 0.1) is 13.8 Å². The summed E-state index contributed by atoms with van der Waals surface area (Å²) in [5.74, 6) is 0. The largest absolute Gasteiger partial charge is 0.269 e. The third kappa shape index (κ3) is 2.63. The third-order valence-electron chi connectivity index (χ3n) is 3.42. The van der Waals surface area contributed by atoms with Gasteiger partial charge in [0.1, 0.15) is 0 Å². The summed E-state index contributed by atoms with van der Waals surface area (Å²) >= 11 is 0. The van der Waals surface area contributed by atoms with Gasteiger partial charge in [-0.25, -0.2) is 0 Å². The Kier molecular flexibility index (Phi) is 2.94. The molecule has 4 rings (SSSR count). The van der Waals surface area contributed by atoms with Crippen LogP contribution in [-0.4, -0.2) is 19.6 Å². The van der Waals surface area contributed by atoms with Crippen LogP contribution in [0.3, 0.4) is 0 Å². The van der Waals surface area contributed by atoms with Crippen LogP contribution in [0.2, 0.25) is 0 Å². The fourth-order valence-electron chi connectivity index (χ4n) is 2.06. The zero-order valence-electron chi connectivity index (χ0n) is 11.1. The molecule has 18 heavy (non-hydrogen) atoms. The number of aryl methyl sites for hydroxylation is 2. The van der Waals surface area contributed by atoms with E-state index in [0.29, 0.717) is 0 Å². The molecule has 0 saturated heterocycles. The first-order valence-corrected chi connectivity index (χ1v) is 6.76. The molecule has 0 spiro atoms. The highest BCUT2D eigenvalue weighted by Gasteiger charge is 2.24. The van der Waals surface area contributed by atoms with Crippen LogP contribution in [0.15, 0.2) is 24.5 Å². The molecule has 4 heteroatoms. The highest BCUT2D eigenvalue weighted by atomic mass is 15.3. The Morgan fingerprint density at radius 1 is 1.06 bits per heavy atom. The van der Waals surface area contributed by atoms with Crippen molar-refractivity contribution in [3.63, 3.8) is 0 Å². The maximum atomic E-state index is 4.29. The zero-order chi connectivity index (χ0) is 12.5. The summed E-state index contributed by atoms with van der Waals surface area (Å²) in [5, 5.41) is 8.48. The lowest BCUT2D eigenvalue weighted by molar-refractivity contribution is 0.622. The van der Waals surface area contributed by atoms with Crippen molar-refractivity contribution in [1.29, 1.82) is 0 Å². The molecule has 0 amide bonds. The van der Waals surface area contributed by atoms with E-state index in [2.05, 4.69) is 44.8 Å². The van der Waals surface area contributed by atoms with Gasteiger partial charge in [0, 0.05) is 18.1 Å². The van der Waals surface area contributed by atoms with E-state index < -0.39 is 0 Å². The lowest BCUT2D eigenvalue weighted by Crippen LogP contribution is -1.97. The number of nitrogens with zero attached hydrogens (tertiary/aromatic N) is 4. The van der Waals surface area contributed by atoms with Gasteiger partial charge >= 0.3 is 0 Å². The third-order valence-corrected chi connectivity index (χ3v) is 3.42. The molecule has 96 valence electrons. The number of hydrogen-bond acceptors (Lipinski definition) is 2. The molecule has 0 aromatic carbocycles. The minimum absolute atomic E-state index is 0.735. The van der Waals surface area contributed by atoms with E-state index in [1.165, 1.54) is 31.4 Å². The second-order valence-corrected chi connectivity index (χ2v) is 5.32. The minimum atomic E-state index is 0.735. The van der Waals surface area contributed by atoms with Gasteiger partial charge in [-0.1, -0.05) is 0 Å². The van der Waals surface area contributed by atoms with Crippen LogP contribution < -0.4 is 0 Å². The van der Waals surface area contributed by atoms with Gasteiger partial charge in [-0.05, 0) is 51.7 Å². The Morgan fingerprint density at radius 2 is 1.78 bits per heavy atom. The molecule has 0 N–H and O–H groups in total. The Balaban J connectivity index is 0.000000111. The second-order valence-electron chi connectivity index (χ2n) is 5.32. The van der Waals surface area contributed by atoms with Crippen molar-refractivity contribution in [1.82, 2.24) is 19.6 Å². The van der Waals surface area contributed by atoms with E-state index in [0.717, 1.165) is 17.8 Å². The average Bonchev–Trinajstić information content (AvgIpc) is 3.28. The minimum Gasteiger partial charge on any atom is -0.269 e. The summed E-state index contributed by atoms with van der Waals surface area (Å²) in [7, 11) is 0. The average molecular weight is 244 g/mol. The topological polar surface area (TPSA) is 35.6 Å². The predicted molar refractivity (Wildman–Crippen MR) is 70.5 cm³/mol. The molecule has 4 nitrogen and oxygen atoms in total. The summed E-state index contributed by atoms with van der Waals surface area (Å²) in [4.78, 5) is 0. The van der Waals surface area contributed by atoms with E-state index in [1.54, 1.807) is 0 Å². The van der Waals surface area contributed by atoms with Crippen molar-refractivity contribution in [2.24, 2.45) is 0 Å². The van der Waals surface area contributed by atoms with Gasteiger partial charge in [0.05, 0.1) is 17.8 Å². The highest BCUT2D eigenvalue weighted by Crippen LogP contribution is 2.34. The maximum absolute atomic E-state index is 4.29. The molecule has 0 unspecified atom stereocenters. The van der Waals surface area contributed by atoms with E-state index in [-0.39, 0.29) is 0 Å². The van der Waals surface area contributed by atoms with Gasteiger partial charge in [0.15, 0.2) is 0 Å². The number of hydrogen-bond donors (Lipinski definition) is 0. The zero-order valence-corrected chi connectivity index (χ0v) is 11.1. The van der Waals surface area contributed by atoms with Crippen molar-refractivity contribution in [2.75, 3.05) is 0 Å². The van der Waals surface area contributed by atoms with Crippen molar-refractivity contribution in [2.45, 2.75) is 51.6 Å². The normalized spacial score (nSPS) is 18.3. The molecule has 2 aliphatic rings. The smallest absolute Gasteiger partial charge is 0.0593 e. The Bertz CT molecular complexity index is 517. The number of rotatable bonds is 2. The van der Waals surface area contributed by atoms with E-state index >= 15 is 0 Å². The molecule has 2 aromatic rings. The number of aromatic nitrogens is 4. The highest BCUT2D eigenvalue weighted by molar-refractivity contribution is 5.01. The van der Waals surface area contributed by atoms with Gasteiger partial charge in [-0.15, -0.1) is 0 Å². The summed E-state index contributed by atoms with van der Waals surface area (Å²) in [6.45, 7) is 4.13. The van der Waals surface area contributed by atoms with Crippen molar-refractivity contribution < 1.29 is 0 Å². The standard InChI is InChI=1S/2C7H10N2/c1-6-4-5-9(8-6)7-2-3-7;1-6-4-5-8-9(6)7-2-3-7/h2*4-5,7H,2-3H2,1H3. The van der Waals surface area contributed by atoms with Crippen LogP contribution >= 0.6 is 0 Å². The summed E-state index contributed by atoms with van der Waals surface area (Å²) in [6, 6.07) is 5.58. The molecule has 2 saturated carbocycles. The van der Waals surface area contributed by atoms with Gasteiger partial charge in [-0.3, -0.25) is 9.36 Å². The van der Waals surface area contributed by atoms with Gasteiger partial charge in [0.25, 0.3) is 0 Å². The van der Waals surface area contributed by atoms with Crippen molar-refractivity contribution in [3.8, 4) is 0 Å². The molecule has 0 radical (unpaired) electrons. The Morgan fingerprint density at radius 3 is 2.22 bits per heavy atom. The molecule has 2 heterocycles. The fourth-order valence-corrected chi connectivity index (χ4v) is 2.06. The van der Waals surface area contributed by atoms with Crippen LogP contribution in [0.4, 0.5) is 0 Å². The molecule has 0 aliphatic heterocycles. The Labute approximate surface area is 108 Å². The maximum Gasteiger partial charge on any atom is 0.0593 e. The molecule has 2 aliphatic carbocycles. The first-order valence-electron chi connectivity index (χ1n) is 6.76. The summed E-state index contributed by atoms with van der Waals surface area (Å²) in [6.07, 6.45) is 9.22. The molecule has 2 aromatic heterocycles. The van der Waals surface area contributed by atoms with Gasteiger partial charge < -0.3 is 0 Å². The fraction of sp³-hybridized carbons (Fsp3) is 0.571. The Hall–Kier alpha value is -1.58. The summed E-state index contributed by atoms with van der Waals surface area (Å²) < 4.78 is 4.18. The van der Waals surface area contributed by atoms with Gasteiger partial charge in [-0.2, -0.15) is 10.2 Å². The van der Waals surface area contributed by atoms with E-state index in [4.69, 9.17) is 0 Å². The van der Waals surface area contributed by atoms with Crippen LogP contribution in [0.5, 0.6) is 0 Å². The summed E-state index contributed by atoms with van der Waals surface area (Å²) in [5.41, 5.74) is 2.42. The lowest BCUT2D eigenvalue weighted by Gasteiger charge is -1.97. The van der Waals surface area contributed by atoms with Crippen LogP contribution in [0.25, 0.3) is 0 Å². The molecule has 0 bridgehead atoms. The predicted octanol–water partition coefficient (Wildman–Crippen LogP) is 3.05. The van der Waals surface area contributed by atoms with Gasteiger partial charge in [0.2, 0.25) is 0 Å². The monoisotopic (exact) mass is 244 g/mol. The quantitative estimate of drug-likeness (QED) is 0.814. The first-order chi connectivity index (χ1) is 8.74. The van der Waals surface area contributed by atoms with Crippen molar-refractivity contribution >= 4 is 0 Å². The first kappa shape index (κ1) is 11.5. The van der Waals surface area contributed by atoms with Crippen LogP contribution in [-0.2, 0) is 0 Å². The second kappa shape index (κ2) is 4.59. The molecular weight excluding hydrogens is 224 g/mol. The SMILES string of the molecule is Cc1ccn(C2CC2)n1.Cc1ccnn1C1CC1. The van der Waals surface area contributed by atoms with Crippen LogP contribution in [0.1, 0.15) is 49.2 Å². The molecular formula is C14H20N4. The van der Waals surface area contributed by atoms with E-state index in [9.17, 15) is 0 Å². The van der Waals surface area contributed by atoms with E-state index in [1.807, 2.05) is 13.1 Å². The lowest BCUT2D eigenvalue weighted by atomic mass is 10.5.